The van der Waals surface area contributed by atoms with Gasteiger partial charge in [-0.1, -0.05) is 24.3 Å². The van der Waals surface area contributed by atoms with Crippen molar-refractivity contribution in [3.8, 4) is 22.6 Å². The maximum atomic E-state index is 15.0. The lowest BCUT2D eigenvalue weighted by molar-refractivity contribution is 0.0655. The first-order valence-corrected chi connectivity index (χ1v) is 11.7. The molecule has 0 atom stereocenters. The monoisotopic (exact) mass is 484 g/mol. The Balaban J connectivity index is 1.47. The van der Waals surface area contributed by atoms with Gasteiger partial charge in [0.05, 0.1) is 18.3 Å². The van der Waals surface area contributed by atoms with Crippen LogP contribution in [-0.2, 0) is 4.74 Å². The Morgan fingerprint density at radius 3 is 2.26 bits per heavy atom. The number of carbonyl (C=O) groups excluding carboxylic acids is 1. The van der Waals surface area contributed by atoms with E-state index in [1.807, 2.05) is 0 Å². The summed E-state index contributed by atoms with van der Waals surface area (Å²) < 4.78 is 59.6. The first-order chi connectivity index (χ1) is 16.9. The highest BCUT2D eigenvalue weighted by molar-refractivity contribution is 5.91. The molecule has 0 N–H and O–H groups in total. The SMILES string of the molecule is CCOc1ccc(OC(=O)c2ccc(-c3ccc(C4CCC(OC)CC4)c(F)c3F)cc2)cc1F. The molecule has 35 heavy (non-hydrogen) atoms. The highest BCUT2D eigenvalue weighted by atomic mass is 19.2. The van der Waals surface area contributed by atoms with Crippen LogP contribution in [0.3, 0.4) is 0 Å². The van der Waals surface area contributed by atoms with Crippen molar-refractivity contribution in [2.45, 2.75) is 44.6 Å². The summed E-state index contributed by atoms with van der Waals surface area (Å²) in [6, 6.07) is 13.1. The van der Waals surface area contributed by atoms with Gasteiger partial charge in [0.15, 0.2) is 23.2 Å². The number of hydrogen-bond donors (Lipinski definition) is 0. The van der Waals surface area contributed by atoms with Crippen LogP contribution in [-0.4, -0.2) is 25.8 Å². The van der Waals surface area contributed by atoms with Crippen LogP contribution in [0.5, 0.6) is 11.5 Å². The van der Waals surface area contributed by atoms with E-state index in [1.165, 1.54) is 36.4 Å². The zero-order valence-electron chi connectivity index (χ0n) is 19.7. The largest absolute Gasteiger partial charge is 0.491 e. The van der Waals surface area contributed by atoms with E-state index in [-0.39, 0.29) is 34.6 Å². The molecule has 1 saturated carbocycles. The minimum absolute atomic E-state index is 0.0308. The summed E-state index contributed by atoms with van der Waals surface area (Å²) in [5.41, 5.74) is 1.13. The molecule has 0 amide bonds. The fourth-order valence-corrected chi connectivity index (χ4v) is 4.48. The molecular weight excluding hydrogens is 457 g/mol. The predicted octanol–water partition coefficient (Wildman–Crippen LogP) is 7.06. The molecule has 3 aromatic rings. The number of esters is 1. The van der Waals surface area contributed by atoms with Crippen LogP contribution in [0.1, 0.15) is 54.4 Å². The predicted molar refractivity (Wildman–Crippen MR) is 126 cm³/mol. The van der Waals surface area contributed by atoms with Crippen molar-refractivity contribution >= 4 is 5.97 Å². The number of methoxy groups -OCH3 is 1. The van der Waals surface area contributed by atoms with E-state index in [1.54, 1.807) is 26.2 Å². The Morgan fingerprint density at radius 1 is 0.914 bits per heavy atom. The third-order valence-electron chi connectivity index (χ3n) is 6.40. The molecule has 0 aliphatic heterocycles. The fraction of sp³-hybridized carbons (Fsp3) is 0.321. The van der Waals surface area contributed by atoms with Crippen LogP contribution >= 0.6 is 0 Å². The Kier molecular flexibility index (Phi) is 7.76. The third-order valence-corrected chi connectivity index (χ3v) is 6.40. The zero-order valence-corrected chi connectivity index (χ0v) is 19.7. The molecule has 0 saturated heterocycles. The van der Waals surface area contributed by atoms with Gasteiger partial charge in [-0.05, 0) is 73.9 Å². The normalized spacial score (nSPS) is 17.7. The van der Waals surface area contributed by atoms with Gasteiger partial charge in [0.1, 0.15) is 5.75 Å². The zero-order chi connectivity index (χ0) is 24.9. The number of hydrogen-bond acceptors (Lipinski definition) is 4. The average Bonchev–Trinajstić information content (AvgIpc) is 2.87. The van der Waals surface area contributed by atoms with Crippen LogP contribution in [0.4, 0.5) is 13.2 Å². The van der Waals surface area contributed by atoms with Gasteiger partial charge in [-0.25, -0.2) is 18.0 Å². The smallest absolute Gasteiger partial charge is 0.343 e. The summed E-state index contributed by atoms with van der Waals surface area (Å²) in [6.45, 7) is 2.05. The van der Waals surface area contributed by atoms with E-state index < -0.39 is 23.4 Å². The van der Waals surface area contributed by atoms with Crippen LogP contribution in [0.2, 0.25) is 0 Å². The van der Waals surface area contributed by atoms with Gasteiger partial charge in [0.2, 0.25) is 0 Å². The summed E-state index contributed by atoms with van der Waals surface area (Å²) in [5.74, 6) is -3.01. The summed E-state index contributed by atoms with van der Waals surface area (Å²) in [4.78, 5) is 12.5. The second kappa shape index (κ2) is 11.0. The summed E-state index contributed by atoms with van der Waals surface area (Å²) >= 11 is 0. The van der Waals surface area contributed by atoms with Crippen molar-refractivity contribution in [2.75, 3.05) is 13.7 Å². The van der Waals surface area contributed by atoms with E-state index >= 15 is 0 Å². The number of halogens is 3. The highest BCUT2D eigenvalue weighted by Gasteiger charge is 2.26. The van der Waals surface area contributed by atoms with E-state index in [9.17, 15) is 18.0 Å². The van der Waals surface area contributed by atoms with Crippen molar-refractivity contribution in [1.82, 2.24) is 0 Å². The molecule has 0 heterocycles. The van der Waals surface area contributed by atoms with Crippen LogP contribution < -0.4 is 9.47 Å². The van der Waals surface area contributed by atoms with Crippen molar-refractivity contribution in [3.05, 3.63) is 83.2 Å². The first kappa shape index (κ1) is 24.8. The molecule has 4 nitrogen and oxygen atoms in total. The third kappa shape index (κ3) is 5.51. The van der Waals surface area contributed by atoms with Crippen LogP contribution in [0, 0.1) is 17.5 Å². The molecule has 184 valence electrons. The van der Waals surface area contributed by atoms with Crippen LogP contribution in [0.25, 0.3) is 11.1 Å². The van der Waals surface area contributed by atoms with Gasteiger partial charge in [-0.15, -0.1) is 0 Å². The average molecular weight is 485 g/mol. The minimum Gasteiger partial charge on any atom is -0.491 e. The Labute approximate surface area is 202 Å². The van der Waals surface area contributed by atoms with Gasteiger partial charge in [0.25, 0.3) is 0 Å². The lowest BCUT2D eigenvalue weighted by Crippen LogP contribution is -2.20. The number of carbonyl (C=O) groups is 1. The quantitative estimate of drug-likeness (QED) is 0.266. The lowest BCUT2D eigenvalue weighted by Gasteiger charge is -2.28. The highest BCUT2D eigenvalue weighted by Crippen LogP contribution is 2.37. The molecule has 0 aromatic heterocycles. The maximum absolute atomic E-state index is 15.0. The minimum atomic E-state index is -0.906. The summed E-state index contributed by atoms with van der Waals surface area (Å²) in [6.07, 6.45) is 3.33. The van der Waals surface area contributed by atoms with Gasteiger partial charge < -0.3 is 14.2 Å². The number of benzene rings is 3. The molecule has 1 fully saturated rings. The molecule has 1 aliphatic rings. The number of ether oxygens (including phenoxy) is 3. The first-order valence-electron chi connectivity index (χ1n) is 11.7. The van der Waals surface area contributed by atoms with E-state index in [0.717, 1.165) is 31.7 Å². The Hall–Kier alpha value is -3.32. The second-order valence-corrected chi connectivity index (χ2v) is 8.53. The molecular formula is C28H27F3O4. The second-order valence-electron chi connectivity index (χ2n) is 8.53. The maximum Gasteiger partial charge on any atom is 0.343 e. The van der Waals surface area contributed by atoms with Crippen molar-refractivity contribution in [3.63, 3.8) is 0 Å². The van der Waals surface area contributed by atoms with Crippen molar-refractivity contribution in [1.29, 1.82) is 0 Å². The van der Waals surface area contributed by atoms with Crippen LogP contribution in [0.15, 0.2) is 54.6 Å². The molecule has 1 aliphatic carbocycles. The molecule has 4 rings (SSSR count). The lowest BCUT2D eigenvalue weighted by atomic mass is 9.82. The van der Waals surface area contributed by atoms with Crippen molar-refractivity contribution < 1.29 is 32.2 Å². The van der Waals surface area contributed by atoms with Gasteiger partial charge >= 0.3 is 5.97 Å². The van der Waals surface area contributed by atoms with E-state index in [0.29, 0.717) is 17.7 Å². The standard InChI is InChI=1S/C28H27F3O4/c1-3-34-25-15-12-21(16-24(25)29)35-28(32)19-6-4-17(5-7-19)22-13-14-23(27(31)26(22)30)18-8-10-20(33-2)11-9-18/h4-7,12-16,18,20H,3,8-11H2,1-2H3. The van der Waals surface area contributed by atoms with Gasteiger partial charge in [0, 0.05) is 18.7 Å². The summed E-state index contributed by atoms with van der Waals surface area (Å²) in [5, 5.41) is 0. The Morgan fingerprint density at radius 2 is 1.63 bits per heavy atom. The molecule has 3 aromatic carbocycles. The van der Waals surface area contributed by atoms with Crippen molar-refractivity contribution in [2.24, 2.45) is 0 Å². The fourth-order valence-electron chi connectivity index (χ4n) is 4.48. The molecule has 0 spiro atoms. The number of rotatable bonds is 7. The summed E-state index contributed by atoms with van der Waals surface area (Å²) in [7, 11) is 1.67. The molecule has 0 radical (unpaired) electrons. The Bertz CT molecular complexity index is 1190. The van der Waals surface area contributed by atoms with Gasteiger partial charge in [-0.3, -0.25) is 0 Å². The van der Waals surface area contributed by atoms with Gasteiger partial charge in [-0.2, -0.15) is 0 Å². The topological polar surface area (TPSA) is 44.8 Å². The van der Waals surface area contributed by atoms with E-state index in [4.69, 9.17) is 14.2 Å². The molecule has 0 bridgehead atoms. The van der Waals surface area contributed by atoms with E-state index in [2.05, 4.69) is 0 Å². The molecule has 7 heteroatoms. The molecule has 0 unspecified atom stereocenters.